The monoisotopic (exact) mass is 485 g/mol. The molecule has 0 bridgehead atoms. The lowest BCUT2D eigenvalue weighted by molar-refractivity contribution is 0.372. The average Bonchev–Trinajstić information content (AvgIpc) is 3.07. The van der Waals surface area contributed by atoms with Crippen molar-refractivity contribution < 1.29 is 9.84 Å². The molecule has 0 aliphatic carbocycles. The second-order valence-corrected chi connectivity index (χ2v) is 7.87. The summed E-state index contributed by atoms with van der Waals surface area (Å²) >= 11 is 16.9. The van der Waals surface area contributed by atoms with Crippen molar-refractivity contribution in [3.8, 4) is 22.8 Å². The summed E-state index contributed by atoms with van der Waals surface area (Å²) in [5.41, 5.74) is 2.45. The number of halogens is 3. The van der Waals surface area contributed by atoms with Crippen molar-refractivity contribution in [1.29, 1.82) is 0 Å². The van der Waals surface area contributed by atoms with E-state index >= 15 is 0 Å². The summed E-state index contributed by atoms with van der Waals surface area (Å²) in [4.78, 5) is 4.99. The Hall–Kier alpha value is -1.80. The van der Waals surface area contributed by atoms with Crippen molar-refractivity contribution in [2.75, 3.05) is 14.2 Å². The Kier molecular flexibility index (Phi) is 6.26. The average molecular weight is 487 g/mol. The molecule has 1 N–H and O–H groups in total. The first kappa shape index (κ1) is 19.9. The summed E-state index contributed by atoms with van der Waals surface area (Å²) in [5.74, 6) is 0.393. The highest BCUT2D eigenvalue weighted by atomic mass is 79.9. The predicted octanol–water partition coefficient (Wildman–Crippen LogP) is 5.41. The van der Waals surface area contributed by atoms with E-state index < -0.39 is 0 Å². The highest BCUT2D eigenvalue weighted by Crippen LogP contribution is 2.35. The van der Waals surface area contributed by atoms with Gasteiger partial charge in [0.1, 0.15) is 0 Å². The van der Waals surface area contributed by atoms with Crippen LogP contribution in [0.25, 0.3) is 11.3 Å². The van der Waals surface area contributed by atoms with E-state index in [0.717, 1.165) is 21.6 Å². The first-order chi connectivity index (χ1) is 12.9. The van der Waals surface area contributed by atoms with Gasteiger partial charge in [-0.25, -0.2) is 4.68 Å². The van der Waals surface area contributed by atoms with Crippen LogP contribution in [0.3, 0.4) is 0 Å². The number of aromatic hydroxyl groups is 1. The molecule has 0 unspecified atom stereocenters. The first-order valence-corrected chi connectivity index (χ1v) is 10.1. The van der Waals surface area contributed by atoms with Gasteiger partial charge in [0.25, 0.3) is 0 Å². The molecule has 0 saturated heterocycles. The Balaban J connectivity index is 2.07. The predicted molar refractivity (Wildman–Crippen MR) is 115 cm³/mol. The van der Waals surface area contributed by atoms with E-state index in [1.807, 2.05) is 11.4 Å². The smallest absolute Gasteiger partial charge is 0.205 e. The number of phenolic OH excluding ortho intramolecular Hbond substituents is 1. The van der Waals surface area contributed by atoms with Crippen LogP contribution in [-0.4, -0.2) is 30.2 Å². The second-order valence-electron chi connectivity index (χ2n) is 5.37. The van der Waals surface area contributed by atoms with E-state index in [0.29, 0.717) is 20.3 Å². The van der Waals surface area contributed by atoms with Crippen molar-refractivity contribution in [2.45, 2.75) is 0 Å². The molecule has 1 aromatic heterocycles. The van der Waals surface area contributed by atoms with Gasteiger partial charge in [-0.3, -0.25) is 4.99 Å². The molecule has 0 spiro atoms. The van der Waals surface area contributed by atoms with Gasteiger partial charge in [0.2, 0.25) is 4.80 Å². The van der Waals surface area contributed by atoms with Gasteiger partial charge in [-0.05, 0) is 45.8 Å². The summed E-state index contributed by atoms with van der Waals surface area (Å²) in [6.07, 6.45) is 1.66. The van der Waals surface area contributed by atoms with Crippen molar-refractivity contribution in [2.24, 2.45) is 10.1 Å². The van der Waals surface area contributed by atoms with E-state index in [1.54, 1.807) is 42.2 Å². The molecule has 0 saturated carbocycles. The quantitative estimate of drug-likeness (QED) is 0.501. The van der Waals surface area contributed by atoms with Crippen molar-refractivity contribution in [3.05, 3.63) is 60.6 Å². The molecule has 0 aliphatic rings. The minimum atomic E-state index is 0.0404. The van der Waals surface area contributed by atoms with Crippen LogP contribution in [0.15, 0.2) is 50.3 Å². The Labute approximate surface area is 178 Å². The third-order valence-electron chi connectivity index (χ3n) is 3.68. The molecule has 0 atom stereocenters. The maximum Gasteiger partial charge on any atom is 0.205 e. The standard InChI is InChI=1S/C18H14BrCl2N3O2S/c1-22-18-24(15(9-27-18)11-3-4-13(20)14(21)7-11)23-8-10-5-12(19)17(25)16(6-10)26-2/h3-9,25H,1-2H3. The number of hydrogen-bond donors (Lipinski definition) is 1. The van der Waals surface area contributed by atoms with Crippen LogP contribution in [0.4, 0.5) is 0 Å². The Morgan fingerprint density at radius 2 is 2.00 bits per heavy atom. The number of benzene rings is 2. The van der Waals surface area contributed by atoms with Crippen LogP contribution in [0.1, 0.15) is 5.56 Å². The van der Waals surface area contributed by atoms with Crippen LogP contribution in [0, 0.1) is 0 Å². The molecule has 0 fully saturated rings. The zero-order valence-electron chi connectivity index (χ0n) is 14.3. The number of aromatic nitrogens is 1. The van der Waals surface area contributed by atoms with Crippen LogP contribution >= 0.6 is 50.5 Å². The van der Waals surface area contributed by atoms with E-state index in [2.05, 4.69) is 26.0 Å². The zero-order valence-corrected chi connectivity index (χ0v) is 18.2. The van der Waals surface area contributed by atoms with Gasteiger partial charge < -0.3 is 9.84 Å². The highest BCUT2D eigenvalue weighted by Gasteiger charge is 2.10. The number of hydrogen-bond acceptors (Lipinski definition) is 5. The Morgan fingerprint density at radius 3 is 2.67 bits per heavy atom. The maximum absolute atomic E-state index is 9.94. The molecule has 2 aromatic carbocycles. The van der Waals surface area contributed by atoms with Gasteiger partial charge in [-0.2, -0.15) is 5.10 Å². The molecule has 5 nitrogen and oxygen atoms in total. The van der Waals surface area contributed by atoms with E-state index in [9.17, 15) is 5.11 Å². The van der Waals surface area contributed by atoms with Gasteiger partial charge in [0, 0.05) is 18.0 Å². The minimum Gasteiger partial charge on any atom is -0.503 e. The number of phenols is 1. The molecule has 9 heteroatoms. The summed E-state index contributed by atoms with van der Waals surface area (Å²) in [7, 11) is 3.20. The first-order valence-electron chi connectivity index (χ1n) is 7.64. The second kappa shape index (κ2) is 8.48. The fraction of sp³-hybridized carbons (Fsp3) is 0.111. The Bertz CT molecular complexity index is 1090. The van der Waals surface area contributed by atoms with Crippen molar-refractivity contribution in [3.63, 3.8) is 0 Å². The molecule has 3 rings (SSSR count). The van der Waals surface area contributed by atoms with Gasteiger partial charge >= 0.3 is 0 Å². The molecule has 3 aromatic rings. The molecular weight excluding hydrogens is 473 g/mol. The normalized spacial score (nSPS) is 12.1. The highest BCUT2D eigenvalue weighted by molar-refractivity contribution is 9.10. The third kappa shape index (κ3) is 4.21. The number of nitrogens with zero attached hydrogens (tertiary/aromatic N) is 3. The number of rotatable bonds is 4. The lowest BCUT2D eigenvalue weighted by atomic mass is 10.2. The summed E-state index contributed by atoms with van der Waals surface area (Å²) in [5, 5.41) is 17.4. The van der Waals surface area contributed by atoms with Crippen molar-refractivity contribution in [1.82, 2.24) is 4.68 Å². The Morgan fingerprint density at radius 1 is 1.22 bits per heavy atom. The SMILES string of the molecule is CN=c1scc(-c2ccc(Cl)c(Cl)c2)n1N=Cc1cc(Br)c(O)c(OC)c1. The van der Waals surface area contributed by atoms with Crippen LogP contribution in [0.5, 0.6) is 11.5 Å². The number of ether oxygens (including phenoxy) is 1. The molecule has 1 heterocycles. The lowest BCUT2D eigenvalue weighted by Crippen LogP contribution is -2.11. The largest absolute Gasteiger partial charge is 0.503 e. The molecule has 140 valence electrons. The zero-order chi connectivity index (χ0) is 19.6. The van der Waals surface area contributed by atoms with Crippen LogP contribution in [0.2, 0.25) is 10.0 Å². The van der Waals surface area contributed by atoms with E-state index in [1.165, 1.54) is 18.4 Å². The van der Waals surface area contributed by atoms with E-state index in [-0.39, 0.29) is 5.75 Å². The lowest BCUT2D eigenvalue weighted by Gasteiger charge is -2.07. The summed E-state index contributed by atoms with van der Waals surface area (Å²) in [6, 6.07) is 8.85. The van der Waals surface area contributed by atoms with Gasteiger partial charge in [-0.15, -0.1) is 11.3 Å². The summed E-state index contributed by atoms with van der Waals surface area (Å²) < 4.78 is 7.41. The fourth-order valence-corrected chi connectivity index (χ4v) is 3.93. The van der Waals surface area contributed by atoms with Gasteiger partial charge in [0.05, 0.1) is 33.5 Å². The van der Waals surface area contributed by atoms with Gasteiger partial charge in [0.15, 0.2) is 11.5 Å². The number of thiazole rings is 1. The molecule has 0 radical (unpaired) electrons. The van der Waals surface area contributed by atoms with Gasteiger partial charge in [-0.1, -0.05) is 29.3 Å². The molecule has 0 aliphatic heterocycles. The molecule has 0 amide bonds. The molecule has 27 heavy (non-hydrogen) atoms. The van der Waals surface area contributed by atoms with Crippen LogP contribution in [-0.2, 0) is 0 Å². The van der Waals surface area contributed by atoms with Crippen molar-refractivity contribution >= 4 is 56.7 Å². The van der Waals surface area contributed by atoms with E-state index in [4.69, 9.17) is 27.9 Å². The summed E-state index contributed by atoms with van der Waals surface area (Å²) in [6.45, 7) is 0. The fourth-order valence-electron chi connectivity index (χ4n) is 2.36. The molecular formula is C18H14BrCl2N3O2S. The minimum absolute atomic E-state index is 0.0404. The number of methoxy groups -OCH3 is 1. The third-order valence-corrected chi connectivity index (χ3v) is 5.94. The van der Waals surface area contributed by atoms with Crippen LogP contribution < -0.4 is 9.54 Å². The maximum atomic E-state index is 9.94. The topological polar surface area (TPSA) is 59.1 Å².